The summed E-state index contributed by atoms with van der Waals surface area (Å²) in [5.41, 5.74) is 0.244. The molecule has 0 aliphatic rings. The molecule has 0 unspecified atom stereocenters. The van der Waals surface area contributed by atoms with E-state index in [1.165, 1.54) is 24.3 Å². The lowest BCUT2D eigenvalue weighted by Crippen LogP contribution is -2.19. The van der Waals surface area contributed by atoms with Gasteiger partial charge in [-0.2, -0.15) is 5.26 Å². The van der Waals surface area contributed by atoms with Gasteiger partial charge in [-0.15, -0.1) is 0 Å². The monoisotopic (exact) mass is 207 g/mol. The van der Waals surface area contributed by atoms with Crippen LogP contribution >= 0.6 is 0 Å². The van der Waals surface area contributed by atoms with E-state index in [2.05, 4.69) is 0 Å². The first kappa shape index (κ1) is 10.6. The van der Waals surface area contributed by atoms with E-state index in [9.17, 15) is 20.2 Å². The fourth-order valence-electron chi connectivity index (χ4n) is 1.05. The molecule has 0 fully saturated rings. The van der Waals surface area contributed by atoms with Crippen molar-refractivity contribution in [3.05, 3.63) is 55.6 Å². The summed E-state index contributed by atoms with van der Waals surface area (Å²) < 4.78 is 0. The Hall–Kier alpha value is -2.49. The number of rotatable bonds is 3. The second-order valence-electron chi connectivity index (χ2n) is 2.68. The van der Waals surface area contributed by atoms with E-state index >= 15 is 0 Å². The summed E-state index contributed by atoms with van der Waals surface area (Å²) in [5.74, 6) is 0. The second kappa shape index (κ2) is 4.15. The topological polar surface area (TPSA) is 110 Å². The summed E-state index contributed by atoms with van der Waals surface area (Å²) in [6, 6.07) is 6.82. The Morgan fingerprint density at radius 2 is 1.60 bits per heavy atom. The van der Waals surface area contributed by atoms with Crippen LogP contribution < -0.4 is 0 Å². The lowest BCUT2D eigenvalue weighted by atomic mass is 10.1. The van der Waals surface area contributed by atoms with Crippen molar-refractivity contribution in [3.8, 4) is 6.07 Å². The average molecular weight is 207 g/mol. The van der Waals surface area contributed by atoms with Crippen molar-refractivity contribution in [1.82, 2.24) is 0 Å². The van der Waals surface area contributed by atoms with Crippen molar-refractivity contribution in [3.63, 3.8) is 0 Å². The Morgan fingerprint density at radius 1 is 1.13 bits per heavy atom. The summed E-state index contributed by atoms with van der Waals surface area (Å²) in [7, 11) is 0. The molecule has 1 rings (SSSR count). The number of nitriles is 1. The van der Waals surface area contributed by atoms with Crippen LogP contribution in [0.3, 0.4) is 0 Å². The summed E-state index contributed by atoms with van der Waals surface area (Å²) in [5, 5.41) is 29.3. The molecule has 0 aliphatic carbocycles. The van der Waals surface area contributed by atoms with Gasteiger partial charge in [-0.05, 0) is 24.3 Å². The van der Waals surface area contributed by atoms with Gasteiger partial charge in [-0.25, -0.2) is 0 Å². The van der Waals surface area contributed by atoms with Crippen LogP contribution in [0.4, 0.5) is 0 Å². The Bertz CT molecular complexity index is 420. The fraction of sp³-hybridized carbons (Fsp3) is 0.125. The van der Waals surface area contributed by atoms with Crippen LogP contribution in [0.2, 0.25) is 0 Å². The molecule has 0 aliphatic heterocycles. The fourth-order valence-corrected chi connectivity index (χ4v) is 1.05. The van der Waals surface area contributed by atoms with E-state index in [4.69, 9.17) is 5.26 Å². The van der Waals surface area contributed by atoms with Gasteiger partial charge in [0.2, 0.25) is 0 Å². The minimum Gasteiger partial charge on any atom is -0.258 e. The van der Waals surface area contributed by atoms with Crippen LogP contribution in [-0.4, -0.2) is 9.85 Å². The maximum atomic E-state index is 10.4. The third kappa shape index (κ3) is 2.25. The highest BCUT2D eigenvalue weighted by Crippen LogP contribution is 2.17. The Morgan fingerprint density at radius 3 is 1.93 bits per heavy atom. The quantitative estimate of drug-likeness (QED) is 0.418. The molecule has 1 aromatic carbocycles. The molecule has 0 radical (unpaired) electrons. The number of benzene rings is 1. The third-order valence-electron chi connectivity index (χ3n) is 1.74. The minimum absolute atomic E-state index is 0.0519. The van der Waals surface area contributed by atoms with Gasteiger partial charge in [0, 0.05) is 0 Å². The third-order valence-corrected chi connectivity index (χ3v) is 1.74. The highest BCUT2D eigenvalue weighted by molar-refractivity contribution is 5.31. The molecule has 0 bridgehead atoms. The van der Waals surface area contributed by atoms with Gasteiger partial charge >= 0.3 is 6.17 Å². The maximum Gasteiger partial charge on any atom is 0.476 e. The number of nitro groups is 2. The summed E-state index contributed by atoms with van der Waals surface area (Å²) >= 11 is 0. The van der Waals surface area contributed by atoms with E-state index in [-0.39, 0.29) is 5.56 Å². The molecule has 0 heterocycles. The maximum absolute atomic E-state index is 10.4. The number of nitrogens with zero attached hydrogens (tertiary/aromatic N) is 3. The molecule has 1 aromatic rings. The van der Waals surface area contributed by atoms with Crippen LogP contribution in [0.15, 0.2) is 24.3 Å². The van der Waals surface area contributed by atoms with Crippen molar-refractivity contribution in [2.45, 2.75) is 6.17 Å². The second-order valence-corrected chi connectivity index (χ2v) is 2.68. The van der Waals surface area contributed by atoms with Crippen LogP contribution in [0, 0.1) is 31.6 Å². The zero-order valence-corrected chi connectivity index (χ0v) is 7.36. The molecule has 0 saturated heterocycles. The van der Waals surface area contributed by atoms with Gasteiger partial charge in [0.25, 0.3) is 0 Å². The van der Waals surface area contributed by atoms with E-state index in [0.717, 1.165) is 0 Å². The van der Waals surface area contributed by atoms with Crippen LogP contribution in [0.5, 0.6) is 0 Å². The van der Waals surface area contributed by atoms with Gasteiger partial charge in [0.05, 0.1) is 11.6 Å². The predicted molar refractivity (Wildman–Crippen MR) is 47.9 cm³/mol. The first-order chi connectivity index (χ1) is 7.06. The molecule has 15 heavy (non-hydrogen) atoms. The standard InChI is InChI=1S/C8H5N3O4/c9-5-6-1-3-7(4-2-6)8(10(12)13)11(14)15/h1-4,8H. The predicted octanol–water partition coefficient (Wildman–Crippen LogP) is 1.11. The largest absolute Gasteiger partial charge is 0.476 e. The molecule has 0 N–H and O–H groups in total. The van der Waals surface area contributed by atoms with Crippen LogP contribution in [-0.2, 0) is 0 Å². The van der Waals surface area contributed by atoms with Crippen molar-refractivity contribution < 1.29 is 9.85 Å². The Labute approximate surface area is 83.9 Å². The van der Waals surface area contributed by atoms with E-state index in [1.807, 2.05) is 6.07 Å². The number of hydrogen-bond acceptors (Lipinski definition) is 5. The Kier molecular flexibility index (Phi) is 2.93. The molecule has 76 valence electrons. The number of hydrogen-bond donors (Lipinski definition) is 0. The highest BCUT2D eigenvalue weighted by atomic mass is 16.7. The lowest BCUT2D eigenvalue weighted by molar-refractivity contribution is -0.752. The highest BCUT2D eigenvalue weighted by Gasteiger charge is 2.34. The molecule has 0 atom stereocenters. The van der Waals surface area contributed by atoms with E-state index < -0.39 is 16.0 Å². The molecule has 0 spiro atoms. The van der Waals surface area contributed by atoms with Gasteiger partial charge in [-0.3, -0.25) is 20.2 Å². The van der Waals surface area contributed by atoms with Crippen molar-refractivity contribution in [2.75, 3.05) is 0 Å². The zero-order chi connectivity index (χ0) is 11.4. The molecule has 7 heteroatoms. The smallest absolute Gasteiger partial charge is 0.258 e. The van der Waals surface area contributed by atoms with E-state index in [1.54, 1.807) is 0 Å². The van der Waals surface area contributed by atoms with Crippen molar-refractivity contribution in [2.24, 2.45) is 0 Å². The van der Waals surface area contributed by atoms with Crippen molar-refractivity contribution >= 4 is 0 Å². The van der Waals surface area contributed by atoms with Gasteiger partial charge < -0.3 is 0 Å². The van der Waals surface area contributed by atoms with Gasteiger partial charge in [-0.1, -0.05) is 0 Å². The average Bonchev–Trinajstić information content (AvgIpc) is 2.18. The molecule has 0 amide bonds. The lowest BCUT2D eigenvalue weighted by Gasteiger charge is -2.01. The molecular weight excluding hydrogens is 202 g/mol. The first-order valence-corrected chi connectivity index (χ1v) is 3.83. The summed E-state index contributed by atoms with van der Waals surface area (Å²) in [4.78, 5) is 18.8. The Balaban J connectivity index is 3.09. The summed E-state index contributed by atoms with van der Waals surface area (Å²) in [6.07, 6.45) is -1.97. The van der Waals surface area contributed by atoms with Crippen LogP contribution in [0.25, 0.3) is 0 Å². The molecule has 7 nitrogen and oxygen atoms in total. The van der Waals surface area contributed by atoms with E-state index in [0.29, 0.717) is 5.56 Å². The molecule has 0 saturated carbocycles. The molecular formula is C8H5N3O4. The van der Waals surface area contributed by atoms with Crippen molar-refractivity contribution in [1.29, 1.82) is 5.26 Å². The van der Waals surface area contributed by atoms with Crippen LogP contribution in [0.1, 0.15) is 17.3 Å². The van der Waals surface area contributed by atoms with Gasteiger partial charge in [0.15, 0.2) is 0 Å². The summed E-state index contributed by atoms with van der Waals surface area (Å²) in [6.45, 7) is 0. The first-order valence-electron chi connectivity index (χ1n) is 3.83. The SMILES string of the molecule is N#Cc1ccc(C([N+](=O)[O-])[N+](=O)[O-])cc1. The molecule has 0 aromatic heterocycles. The normalized spacial score (nSPS) is 9.60. The zero-order valence-electron chi connectivity index (χ0n) is 7.36. The van der Waals surface area contributed by atoms with Gasteiger partial charge in [0.1, 0.15) is 15.4 Å². The minimum atomic E-state index is -1.97.